The Morgan fingerprint density at radius 3 is 2.50 bits per heavy atom. The molecule has 0 aliphatic carbocycles. The molecule has 1 atom stereocenters. The van der Waals surface area contributed by atoms with E-state index in [1.807, 2.05) is 36.2 Å². The molecule has 0 saturated carbocycles. The van der Waals surface area contributed by atoms with Gasteiger partial charge in [0.25, 0.3) is 0 Å². The molecular weight excluding hydrogens is 295 g/mol. The van der Waals surface area contributed by atoms with Gasteiger partial charge in [0.05, 0.1) is 17.7 Å². The summed E-state index contributed by atoms with van der Waals surface area (Å²) in [6.45, 7) is 1.98. The van der Waals surface area contributed by atoms with E-state index in [2.05, 4.69) is 11.9 Å². The van der Waals surface area contributed by atoms with Crippen LogP contribution in [0.1, 0.15) is 24.1 Å². The summed E-state index contributed by atoms with van der Waals surface area (Å²) in [7, 11) is 1.96. The number of aliphatic hydroxyl groups is 1. The fourth-order valence-electron chi connectivity index (χ4n) is 1.95. The van der Waals surface area contributed by atoms with Gasteiger partial charge in [0.15, 0.2) is 0 Å². The Kier molecular flexibility index (Phi) is 4.86. The van der Waals surface area contributed by atoms with Crippen LogP contribution in [-0.4, -0.2) is 17.1 Å². The summed E-state index contributed by atoms with van der Waals surface area (Å²) in [4.78, 5) is 6.33. The first-order valence-corrected chi connectivity index (χ1v) is 7.02. The number of aromatic nitrogens is 1. The summed E-state index contributed by atoms with van der Waals surface area (Å²) < 4.78 is 0. The van der Waals surface area contributed by atoms with Crippen LogP contribution in [0, 0.1) is 0 Å². The van der Waals surface area contributed by atoms with Crippen LogP contribution in [0.4, 0.5) is 5.82 Å². The Morgan fingerprint density at radius 2 is 1.90 bits per heavy atom. The lowest BCUT2D eigenvalue weighted by molar-refractivity contribution is 0.282. The minimum atomic E-state index is -0.0997. The third-order valence-corrected chi connectivity index (χ3v) is 3.98. The zero-order chi connectivity index (χ0) is 14.7. The summed E-state index contributed by atoms with van der Waals surface area (Å²) in [5.41, 5.74) is 1.81. The number of halogens is 2. The molecule has 2 aromatic rings. The van der Waals surface area contributed by atoms with Gasteiger partial charge in [-0.25, -0.2) is 4.98 Å². The smallest absolute Gasteiger partial charge is 0.129 e. The normalized spacial score (nSPS) is 12.2. The molecule has 1 heterocycles. The number of nitrogens with zero attached hydrogens (tertiary/aromatic N) is 2. The summed E-state index contributed by atoms with van der Waals surface area (Å²) in [5, 5.41) is 10.5. The first kappa shape index (κ1) is 15.1. The molecule has 0 saturated heterocycles. The Hall–Kier alpha value is -1.29. The molecule has 0 bridgehead atoms. The number of pyridine rings is 1. The maximum absolute atomic E-state index is 9.27. The first-order valence-electron chi connectivity index (χ1n) is 6.26. The molecule has 106 valence electrons. The van der Waals surface area contributed by atoms with Crippen molar-refractivity contribution in [2.45, 2.75) is 19.6 Å². The molecule has 3 nitrogen and oxygen atoms in total. The maximum Gasteiger partial charge on any atom is 0.129 e. The van der Waals surface area contributed by atoms with E-state index < -0.39 is 0 Å². The van der Waals surface area contributed by atoms with E-state index in [4.69, 9.17) is 23.2 Å². The minimum absolute atomic E-state index is 0.0997. The fraction of sp³-hybridized carbons (Fsp3) is 0.267. The van der Waals surface area contributed by atoms with Gasteiger partial charge in [0.2, 0.25) is 0 Å². The Labute approximate surface area is 128 Å². The van der Waals surface area contributed by atoms with Crippen LogP contribution in [0.15, 0.2) is 36.5 Å². The summed E-state index contributed by atoms with van der Waals surface area (Å²) in [6.07, 6.45) is 1.56. The minimum Gasteiger partial charge on any atom is -0.392 e. The lowest BCUT2D eigenvalue weighted by Gasteiger charge is -2.27. The van der Waals surface area contributed by atoms with Crippen molar-refractivity contribution in [2.24, 2.45) is 0 Å². The molecule has 20 heavy (non-hydrogen) atoms. The van der Waals surface area contributed by atoms with Gasteiger partial charge in [-0.3, -0.25) is 0 Å². The van der Waals surface area contributed by atoms with E-state index in [0.717, 1.165) is 16.4 Å². The molecule has 0 radical (unpaired) electrons. The van der Waals surface area contributed by atoms with Crippen molar-refractivity contribution in [3.63, 3.8) is 0 Å². The van der Waals surface area contributed by atoms with Crippen LogP contribution in [0.5, 0.6) is 0 Å². The molecule has 1 aromatic heterocycles. The van der Waals surface area contributed by atoms with Crippen molar-refractivity contribution in [3.8, 4) is 0 Å². The predicted molar refractivity (Wildman–Crippen MR) is 83.4 cm³/mol. The van der Waals surface area contributed by atoms with Crippen LogP contribution in [0.25, 0.3) is 0 Å². The van der Waals surface area contributed by atoms with Gasteiger partial charge in [-0.05, 0) is 30.7 Å². The van der Waals surface area contributed by atoms with Crippen LogP contribution in [-0.2, 0) is 6.61 Å². The molecular formula is C15H16Cl2N2O. The van der Waals surface area contributed by atoms with Gasteiger partial charge in [-0.1, -0.05) is 35.3 Å². The number of aliphatic hydroxyl groups excluding tert-OH is 1. The van der Waals surface area contributed by atoms with Gasteiger partial charge in [0.1, 0.15) is 5.82 Å². The third-order valence-electron chi connectivity index (χ3n) is 3.39. The highest BCUT2D eigenvalue weighted by Gasteiger charge is 2.14. The topological polar surface area (TPSA) is 36.4 Å². The van der Waals surface area contributed by atoms with E-state index in [0.29, 0.717) is 10.6 Å². The largest absolute Gasteiger partial charge is 0.392 e. The highest BCUT2D eigenvalue weighted by Crippen LogP contribution is 2.27. The first-order chi connectivity index (χ1) is 9.52. The average Bonchev–Trinajstić information content (AvgIpc) is 2.47. The number of anilines is 1. The SMILES string of the molecule is CC(c1ccc(Cl)cc1)N(C)c1cc(CO)c(Cl)cn1. The summed E-state index contributed by atoms with van der Waals surface area (Å²) in [5.74, 6) is 0.765. The van der Waals surface area contributed by atoms with E-state index >= 15 is 0 Å². The van der Waals surface area contributed by atoms with E-state index in [9.17, 15) is 5.11 Å². The van der Waals surface area contributed by atoms with Crippen molar-refractivity contribution < 1.29 is 5.11 Å². The number of hydrogen-bond acceptors (Lipinski definition) is 3. The van der Waals surface area contributed by atoms with Gasteiger partial charge in [-0.15, -0.1) is 0 Å². The van der Waals surface area contributed by atoms with Crippen molar-refractivity contribution in [1.29, 1.82) is 0 Å². The average molecular weight is 311 g/mol. The number of hydrogen-bond donors (Lipinski definition) is 1. The van der Waals surface area contributed by atoms with Gasteiger partial charge < -0.3 is 10.0 Å². The Bertz CT molecular complexity index is 587. The number of rotatable bonds is 4. The van der Waals surface area contributed by atoms with Gasteiger partial charge >= 0.3 is 0 Å². The second-order valence-electron chi connectivity index (χ2n) is 4.63. The standard InChI is InChI=1S/C15H16Cl2N2O/c1-10(11-3-5-13(16)6-4-11)19(2)15-7-12(9-20)14(17)8-18-15/h3-8,10,20H,9H2,1-2H3. The maximum atomic E-state index is 9.27. The number of benzene rings is 1. The monoisotopic (exact) mass is 310 g/mol. The Morgan fingerprint density at radius 1 is 1.25 bits per heavy atom. The lowest BCUT2D eigenvalue weighted by atomic mass is 10.1. The zero-order valence-corrected chi connectivity index (χ0v) is 12.9. The van der Waals surface area contributed by atoms with Crippen LogP contribution in [0.3, 0.4) is 0 Å². The van der Waals surface area contributed by atoms with Crippen molar-refractivity contribution in [2.75, 3.05) is 11.9 Å². The van der Waals surface area contributed by atoms with Gasteiger partial charge in [-0.2, -0.15) is 0 Å². The zero-order valence-electron chi connectivity index (χ0n) is 11.3. The predicted octanol–water partition coefficient (Wildman–Crippen LogP) is 4.08. The summed E-state index contributed by atoms with van der Waals surface area (Å²) in [6, 6.07) is 9.66. The highest BCUT2D eigenvalue weighted by molar-refractivity contribution is 6.31. The van der Waals surface area contributed by atoms with E-state index in [1.54, 1.807) is 12.3 Å². The fourth-order valence-corrected chi connectivity index (χ4v) is 2.23. The second-order valence-corrected chi connectivity index (χ2v) is 5.47. The quantitative estimate of drug-likeness (QED) is 0.924. The van der Waals surface area contributed by atoms with Crippen LogP contribution in [0.2, 0.25) is 10.0 Å². The molecule has 0 fully saturated rings. The molecule has 0 amide bonds. The van der Waals surface area contributed by atoms with Crippen LogP contribution >= 0.6 is 23.2 Å². The Balaban J connectivity index is 2.26. The lowest BCUT2D eigenvalue weighted by Crippen LogP contribution is -2.22. The molecule has 0 spiro atoms. The molecule has 0 aliphatic heterocycles. The molecule has 5 heteroatoms. The molecule has 1 aromatic carbocycles. The van der Waals surface area contributed by atoms with Crippen molar-refractivity contribution >= 4 is 29.0 Å². The molecule has 0 aliphatic rings. The van der Waals surface area contributed by atoms with Crippen molar-refractivity contribution in [3.05, 3.63) is 57.7 Å². The van der Waals surface area contributed by atoms with E-state index in [-0.39, 0.29) is 12.6 Å². The second kappa shape index (κ2) is 6.44. The highest BCUT2D eigenvalue weighted by atomic mass is 35.5. The molecule has 1 unspecified atom stereocenters. The molecule has 1 N–H and O–H groups in total. The van der Waals surface area contributed by atoms with Crippen molar-refractivity contribution in [1.82, 2.24) is 4.98 Å². The molecule has 2 rings (SSSR count). The van der Waals surface area contributed by atoms with Gasteiger partial charge in [0, 0.05) is 23.8 Å². The third kappa shape index (κ3) is 3.23. The summed E-state index contributed by atoms with van der Waals surface area (Å²) >= 11 is 11.9. The van der Waals surface area contributed by atoms with Crippen LogP contribution < -0.4 is 4.90 Å². The van der Waals surface area contributed by atoms with E-state index in [1.165, 1.54) is 0 Å².